The SMILES string of the molecule is CC1(C)NC(=O)N(CCOC(=O)COc2ccc(Cl)cc2Cl)C1=O. The van der Waals surface area contributed by atoms with E-state index in [-0.39, 0.29) is 30.7 Å². The summed E-state index contributed by atoms with van der Waals surface area (Å²) in [6, 6.07) is 4.09. The average molecular weight is 375 g/mol. The van der Waals surface area contributed by atoms with Crippen molar-refractivity contribution < 1.29 is 23.9 Å². The molecule has 0 spiro atoms. The van der Waals surface area contributed by atoms with Gasteiger partial charge in [-0.3, -0.25) is 9.69 Å². The number of benzene rings is 1. The van der Waals surface area contributed by atoms with Crippen molar-refractivity contribution in [1.29, 1.82) is 0 Å². The fourth-order valence-electron chi connectivity index (χ4n) is 2.04. The highest BCUT2D eigenvalue weighted by Gasteiger charge is 2.43. The summed E-state index contributed by atoms with van der Waals surface area (Å²) < 4.78 is 10.2. The van der Waals surface area contributed by atoms with Gasteiger partial charge in [0.2, 0.25) is 0 Å². The molecule has 24 heavy (non-hydrogen) atoms. The fourth-order valence-corrected chi connectivity index (χ4v) is 2.51. The highest BCUT2D eigenvalue weighted by atomic mass is 35.5. The second-order valence-corrected chi connectivity index (χ2v) is 6.44. The van der Waals surface area contributed by atoms with Crippen molar-refractivity contribution in [3.05, 3.63) is 28.2 Å². The number of amides is 3. The van der Waals surface area contributed by atoms with Crippen LogP contribution < -0.4 is 10.1 Å². The number of halogens is 2. The summed E-state index contributed by atoms with van der Waals surface area (Å²) in [6.07, 6.45) is 0. The Balaban J connectivity index is 1.76. The zero-order valence-electron chi connectivity index (χ0n) is 13.1. The van der Waals surface area contributed by atoms with Crippen molar-refractivity contribution in [2.75, 3.05) is 19.8 Å². The zero-order valence-corrected chi connectivity index (χ0v) is 14.6. The van der Waals surface area contributed by atoms with Gasteiger partial charge < -0.3 is 14.8 Å². The van der Waals surface area contributed by atoms with Crippen molar-refractivity contribution >= 4 is 41.1 Å². The lowest BCUT2D eigenvalue weighted by molar-refractivity contribution is -0.147. The number of urea groups is 1. The lowest BCUT2D eigenvalue weighted by Gasteiger charge is -2.16. The van der Waals surface area contributed by atoms with Crippen LogP contribution in [0.1, 0.15) is 13.8 Å². The lowest BCUT2D eigenvalue weighted by Crippen LogP contribution is -2.40. The molecule has 0 saturated carbocycles. The van der Waals surface area contributed by atoms with Crippen LogP contribution in [0.5, 0.6) is 5.75 Å². The summed E-state index contributed by atoms with van der Waals surface area (Å²) >= 11 is 11.7. The predicted octanol–water partition coefficient (Wildman–Crippen LogP) is 2.25. The van der Waals surface area contributed by atoms with E-state index in [0.29, 0.717) is 10.8 Å². The lowest BCUT2D eigenvalue weighted by atomic mass is 10.1. The molecule has 1 aromatic rings. The third-order valence-corrected chi connectivity index (χ3v) is 3.79. The number of esters is 1. The number of hydrogen-bond acceptors (Lipinski definition) is 5. The number of rotatable bonds is 6. The molecule has 0 radical (unpaired) electrons. The maximum absolute atomic E-state index is 11.9. The Morgan fingerprint density at radius 1 is 1.29 bits per heavy atom. The van der Waals surface area contributed by atoms with Gasteiger partial charge in [-0.25, -0.2) is 9.59 Å². The molecule has 130 valence electrons. The second-order valence-electron chi connectivity index (χ2n) is 5.60. The van der Waals surface area contributed by atoms with E-state index < -0.39 is 17.5 Å². The van der Waals surface area contributed by atoms with Crippen LogP contribution in [0.4, 0.5) is 4.79 Å². The van der Waals surface area contributed by atoms with Crippen LogP contribution in [0.3, 0.4) is 0 Å². The first-order chi connectivity index (χ1) is 11.2. The molecule has 0 aliphatic carbocycles. The Morgan fingerprint density at radius 3 is 2.58 bits per heavy atom. The minimum absolute atomic E-state index is 0.0263. The van der Waals surface area contributed by atoms with E-state index in [9.17, 15) is 14.4 Å². The Labute approximate surface area is 148 Å². The summed E-state index contributed by atoms with van der Waals surface area (Å²) in [5, 5.41) is 3.26. The molecular weight excluding hydrogens is 359 g/mol. The van der Waals surface area contributed by atoms with Gasteiger partial charge in [0.25, 0.3) is 5.91 Å². The zero-order chi connectivity index (χ0) is 17.9. The molecule has 1 saturated heterocycles. The van der Waals surface area contributed by atoms with Crippen LogP contribution in [-0.4, -0.2) is 48.1 Å². The van der Waals surface area contributed by atoms with Crippen molar-refractivity contribution in [1.82, 2.24) is 10.2 Å². The number of ether oxygens (including phenoxy) is 2. The van der Waals surface area contributed by atoms with Crippen LogP contribution in [-0.2, 0) is 14.3 Å². The summed E-state index contributed by atoms with van der Waals surface area (Å²) in [6.45, 7) is 2.70. The molecule has 0 unspecified atom stereocenters. The van der Waals surface area contributed by atoms with Crippen LogP contribution in [0.2, 0.25) is 10.0 Å². The summed E-state index contributed by atoms with van der Waals surface area (Å²) in [5.41, 5.74) is -0.949. The Kier molecular flexibility index (Phi) is 5.56. The van der Waals surface area contributed by atoms with Gasteiger partial charge in [0.1, 0.15) is 17.9 Å². The van der Waals surface area contributed by atoms with Gasteiger partial charge in [0, 0.05) is 5.02 Å². The third kappa shape index (κ3) is 4.30. The van der Waals surface area contributed by atoms with E-state index >= 15 is 0 Å². The van der Waals surface area contributed by atoms with Gasteiger partial charge in [-0.05, 0) is 32.0 Å². The van der Waals surface area contributed by atoms with Gasteiger partial charge in [-0.1, -0.05) is 23.2 Å². The molecule has 0 aromatic heterocycles. The number of nitrogens with one attached hydrogen (secondary N) is 1. The normalized spacial score (nSPS) is 16.1. The van der Waals surface area contributed by atoms with Gasteiger partial charge in [0.05, 0.1) is 11.6 Å². The predicted molar refractivity (Wildman–Crippen MR) is 87.2 cm³/mol. The Hall–Kier alpha value is -1.99. The molecule has 1 aliphatic rings. The molecule has 1 heterocycles. The van der Waals surface area contributed by atoms with Gasteiger partial charge in [0.15, 0.2) is 6.61 Å². The Morgan fingerprint density at radius 2 is 2.00 bits per heavy atom. The number of carbonyl (C=O) groups is 3. The van der Waals surface area contributed by atoms with E-state index in [1.54, 1.807) is 19.9 Å². The van der Waals surface area contributed by atoms with Crippen LogP contribution in [0, 0.1) is 0 Å². The topological polar surface area (TPSA) is 84.9 Å². The van der Waals surface area contributed by atoms with E-state index in [4.69, 9.17) is 32.7 Å². The van der Waals surface area contributed by atoms with Gasteiger partial charge in [-0.2, -0.15) is 0 Å². The number of carbonyl (C=O) groups excluding carboxylic acids is 3. The number of hydrogen-bond donors (Lipinski definition) is 1. The minimum atomic E-state index is -0.949. The fraction of sp³-hybridized carbons (Fsp3) is 0.400. The van der Waals surface area contributed by atoms with E-state index in [2.05, 4.69) is 5.32 Å². The highest BCUT2D eigenvalue weighted by Crippen LogP contribution is 2.27. The van der Waals surface area contributed by atoms with Gasteiger partial charge in [-0.15, -0.1) is 0 Å². The maximum Gasteiger partial charge on any atom is 0.344 e. The maximum atomic E-state index is 11.9. The number of imide groups is 1. The smallest absolute Gasteiger partial charge is 0.344 e. The summed E-state index contributed by atoms with van der Waals surface area (Å²) in [5.74, 6) is -0.714. The first-order valence-corrected chi connectivity index (χ1v) is 7.84. The average Bonchev–Trinajstić information content (AvgIpc) is 2.68. The van der Waals surface area contributed by atoms with Gasteiger partial charge >= 0.3 is 12.0 Å². The van der Waals surface area contributed by atoms with Crippen LogP contribution in [0.25, 0.3) is 0 Å². The van der Waals surface area contributed by atoms with Crippen molar-refractivity contribution in [2.24, 2.45) is 0 Å². The Bertz CT molecular complexity index is 678. The molecule has 0 atom stereocenters. The summed E-state index contributed by atoms with van der Waals surface area (Å²) in [4.78, 5) is 36.2. The molecule has 1 aromatic carbocycles. The largest absolute Gasteiger partial charge is 0.480 e. The summed E-state index contributed by atoms with van der Waals surface area (Å²) in [7, 11) is 0. The highest BCUT2D eigenvalue weighted by molar-refractivity contribution is 6.35. The number of nitrogens with zero attached hydrogens (tertiary/aromatic N) is 1. The quantitative estimate of drug-likeness (QED) is 0.609. The molecule has 9 heteroatoms. The monoisotopic (exact) mass is 374 g/mol. The molecule has 2 rings (SSSR count). The van der Waals surface area contributed by atoms with E-state index in [1.807, 2.05) is 0 Å². The van der Waals surface area contributed by atoms with Crippen LogP contribution >= 0.6 is 23.2 Å². The van der Waals surface area contributed by atoms with Crippen LogP contribution in [0.15, 0.2) is 18.2 Å². The van der Waals surface area contributed by atoms with Crippen molar-refractivity contribution in [2.45, 2.75) is 19.4 Å². The molecule has 1 aliphatic heterocycles. The van der Waals surface area contributed by atoms with E-state index in [0.717, 1.165) is 4.90 Å². The van der Waals surface area contributed by atoms with Crippen molar-refractivity contribution in [3.8, 4) is 5.75 Å². The molecule has 3 amide bonds. The first-order valence-electron chi connectivity index (χ1n) is 7.08. The molecule has 1 N–H and O–H groups in total. The molecule has 1 fully saturated rings. The molecule has 7 nitrogen and oxygen atoms in total. The first kappa shape index (κ1) is 18.4. The van der Waals surface area contributed by atoms with Crippen molar-refractivity contribution in [3.63, 3.8) is 0 Å². The second kappa shape index (κ2) is 7.27. The standard InChI is InChI=1S/C15H16Cl2N2O5/c1-15(2)13(21)19(14(22)18-15)5-6-23-12(20)8-24-11-4-3-9(16)7-10(11)17/h3-4,7H,5-6,8H2,1-2H3,(H,18,22). The molecule has 0 bridgehead atoms. The third-order valence-electron chi connectivity index (χ3n) is 3.26. The molecular formula is C15H16Cl2N2O5. The van der Waals surface area contributed by atoms with E-state index in [1.165, 1.54) is 12.1 Å². The minimum Gasteiger partial charge on any atom is -0.480 e.